The van der Waals surface area contributed by atoms with E-state index in [1.807, 2.05) is 25.1 Å². The van der Waals surface area contributed by atoms with Gasteiger partial charge in [-0.05, 0) is 55.3 Å². The standard InChI is InChI=1S/C22H20N2O4S/c1-16-4-8-19(9-5-16)29(26,27)24-13-11-18-7-6-17(15-20(18)24)10-12-23-22(25)21-3-2-14-28-21/h2-9,11,13-15H,10,12H2,1H3,(H,23,25). The van der Waals surface area contributed by atoms with Crippen molar-refractivity contribution in [3.8, 4) is 0 Å². The minimum absolute atomic E-state index is 0.247. The molecule has 0 aliphatic rings. The van der Waals surface area contributed by atoms with Gasteiger partial charge in [-0.1, -0.05) is 29.8 Å². The molecule has 2 heterocycles. The topological polar surface area (TPSA) is 81.3 Å². The molecule has 29 heavy (non-hydrogen) atoms. The van der Waals surface area contributed by atoms with Crippen LogP contribution in [0.15, 0.2) is 82.4 Å². The van der Waals surface area contributed by atoms with Crippen LogP contribution >= 0.6 is 0 Å². The average Bonchev–Trinajstić information content (AvgIpc) is 3.38. The van der Waals surface area contributed by atoms with E-state index in [2.05, 4.69) is 5.32 Å². The van der Waals surface area contributed by atoms with E-state index in [1.165, 1.54) is 10.2 Å². The van der Waals surface area contributed by atoms with Crippen molar-refractivity contribution in [2.75, 3.05) is 6.54 Å². The zero-order chi connectivity index (χ0) is 20.4. The second-order valence-electron chi connectivity index (χ2n) is 6.81. The molecule has 6 nitrogen and oxygen atoms in total. The van der Waals surface area contributed by atoms with Gasteiger partial charge in [0.2, 0.25) is 0 Å². The van der Waals surface area contributed by atoms with Gasteiger partial charge in [0, 0.05) is 18.1 Å². The van der Waals surface area contributed by atoms with Crippen LogP contribution < -0.4 is 5.32 Å². The van der Waals surface area contributed by atoms with Crippen LogP contribution in [0.2, 0.25) is 0 Å². The third-order valence-corrected chi connectivity index (χ3v) is 6.45. The predicted octanol–water partition coefficient (Wildman–Crippen LogP) is 3.75. The van der Waals surface area contributed by atoms with Gasteiger partial charge in [0.15, 0.2) is 5.76 Å². The number of fused-ring (bicyclic) bond motifs is 1. The van der Waals surface area contributed by atoms with E-state index < -0.39 is 10.0 Å². The molecule has 0 saturated carbocycles. The number of nitrogens with zero attached hydrogens (tertiary/aromatic N) is 1. The molecule has 0 radical (unpaired) electrons. The Morgan fingerprint density at radius 1 is 1.07 bits per heavy atom. The van der Waals surface area contributed by atoms with Crippen LogP contribution in [0.4, 0.5) is 0 Å². The predicted molar refractivity (Wildman–Crippen MR) is 110 cm³/mol. The second-order valence-corrected chi connectivity index (χ2v) is 8.62. The van der Waals surface area contributed by atoms with E-state index in [9.17, 15) is 13.2 Å². The molecule has 1 N–H and O–H groups in total. The van der Waals surface area contributed by atoms with Gasteiger partial charge in [-0.2, -0.15) is 0 Å². The average molecular weight is 408 g/mol. The van der Waals surface area contributed by atoms with Crippen molar-refractivity contribution in [1.29, 1.82) is 0 Å². The van der Waals surface area contributed by atoms with Crippen LogP contribution in [0, 0.1) is 6.92 Å². The van der Waals surface area contributed by atoms with Gasteiger partial charge >= 0.3 is 0 Å². The van der Waals surface area contributed by atoms with Crippen molar-refractivity contribution in [2.45, 2.75) is 18.2 Å². The van der Waals surface area contributed by atoms with Gasteiger partial charge in [-0.15, -0.1) is 0 Å². The zero-order valence-electron chi connectivity index (χ0n) is 15.8. The number of carbonyl (C=O) groups is 1. The Morgan fingerprint density at radius 3 is 2.59 bits per heavy atom. The summed E-state index contributed by atoms with van der Waals surface area (Å²) in [6, 6.07) is 17.5. The lowest BCUT2D eigenvalue weighted by molar-refractivity contribution is 0.0926. The third-order valence-electron chi connectivity index (χ3n) is 4.74. The summed E-state index contributed by atoms with van der Waals surface area (Å²) in [5.41, 5.74) is 2.54. The molecule has 7 heteroatoms. The highest BCUT2D eigenvalue weighted by atomic mass is 32.2. The number of carbonyl (C=O) groups excluding carboxylic acids is 1. The van der Waals surface area contributed by atoms with Crippen LogP contribution in [0.1, 0.15) is 21.7 Å². The van der Waals surface area contributed by atoms with Crippen LogP contribution in [0.25, 0.3) is 10.9 Å². The molecular formula is C22H20N2O4S. The molecule has 0 spiro atoms. The molecule has 0 aliphatic heterocycles. The summed E-state index contributed by atoms with van der Waals surface area (Å²) in [5, 5.41) is 3.63. The molecule has 0 unspecified atom stereocenters. The summed E-state index contributed by atoms with van der Waals surface area (Å²) >= 11 is 0. The molecule has 4 rings (SSSR count). The molecule has 0 atom stereocenters. The van der Waals surface area contributed by atoms with E-state index in [0.717, 1.165) is 16.5 Å². The lowest BCUT2D eigenvalue weighted by Crippen LogP contribution is -2.25. The van der Waals surface area contributed by atoms with Crippen LogP contribution in [0.3, 0.4) is 0 Å². The monoisotopic (exact) mass is 408 g/mol. The Morgan fingerprint density at radius 2 is 1.86 bits per heavy atom. The number of aryl methyl sites for hydroxylation is 1. The van der Waals surface area contributed by atoms with Crippen molar-refractivity contribution >= 4 is 26.8 Å². The summed E-state index contributed by atoms with van der Waals surface area (Å²) in [6.07, 6.45) is 3.59. The molecule has 2 aromatic heterocycles. The third kappa shape index (κ3) is 3.82. The maximum atomic E-state index is 13.1. The fraction of sp³-hybridized carbons (Fsp3) is 0.136. The smallest absolute Gasteiger partial charge is 0.286 e. The maximum Gasteiger partial charge on any atom is 0.286 e. The fourth-order valence-corrected chi connectivity index (χ4v) is 4.50. The van der Waals surface area contributed by atoms with Crippen molar-refractivity contribution in [3.05, 3.63) is 90.0 Å². The highest BCUT2D eigenvalue weighted by molar-refractivity contribution is 7.90. The van der Waals surface area contributed by atoms with Crippen molar-refractivity contribution in [3.63, 3.8) is 0 Å². The lowest BCUT2D eigenvalue weighted by atomic mass is 10.1. The molecule has 0 saturated heterocycles. The van der Waals surface area contributed by atoms with E-state index in [1.54, 1.807) is 48.7 Å². The van der Waals surface area contributed by atoms with Crippen LogP contribution in [-0.2, 0) is 16.4 Å². The first-order valence-electron chi connectivity index (χ1n) is 9.19. The van der Waals surface area contributed by atoms with Gasteiger partial charge in [0.1, 0.15) is 0 Å². The number of aromatic nitrogens is 1. The Bertz CT molecular complexity index is 1250. The fourth-order valence-electron chi connectivity index (χ4n) is 3.15. The highest BCUT2D eigenvalue weighted by Crippen LogP contribution is 2.23. The summed E-state index contributed by atoms with van der Waals surface area (Å²) in [4.78, 5) is 12.2. The van der Waals surface area contributed by atoms with Crippen LogP contribution in [-0.4, -0.2) is 24.8 Å². The Balaban J connectivity index is 1.56. The Labute approximate surface area is 168 Å². The van der Waals surface area contributed by atoms with Crippen molar-refractivity contribution in [2.24, 2.45) is 0 Å². The van der Waals surface area contributed by atoms with E-state index >= 15 is 0 Å². The van der Waals surface area contributed by atoms with E-state index in [-0.39, 0.29) is 16.6 Å². The molecule has 2 aromatic carbocycles. The largest absolute Gasteiger partial charge is 0.459 e. The molecule has 4 aromatic rings. The number of amides is 1. The van der Waals surface area contributed by atoms with Crippen molar-refractivity contribution in [1.82, 2.24) is 9.29 Å². The maximum absolute atomic E-state index is 13.1. The van der Waals surface area contributed by atoms with Crippen molar-refractivity contribution < 1.29 is 17.6 Å². The van der Waals surface area contributed by atoms with Crippen LogP contribution in [0.5, 0.6) is 0 Å². The number of furan rings is 1. The molecular weight excluding hydrogens is 388 g/mol. The number of hydrogen-bond acceptors (Lipinski definition) is 4. The normalized spacial score (nSPS) is 11.6. The van der Waals surface area contributed by atoms with E-state index in [4.69, 9.17) is 4.42 Å². The quantitative estimate of drug-likeness (QED) is 0.527. The first kappa shape index (κ1) is 19.0. The minimum Gasteiger partial charge on any atom is -0.459 e. The Hall–Kier alpha value is -3.32. The number of nitrogens with one attached hydrogen (secondary N) is 1. The second kappa shape index (κ2) is 7.60. The summed E-state index contributed by atoms with van der Waals surface area (Å²) in [7, 11) is -3.68. The number of benzene rings is 2. The van der Waals surface area contributed by atoms with Gasteiger partial charge in [-0.25, -0.2) is 12.4 Å². The SMILES string of the molecule is Cc1ccc(S(=O)(=O)n2ccc3ccc(CCNC(=O)c4ccco4)cc32)cc1. The molecule has 0 bridgehead atoms. The van der Waals surface area contributed by atoms with E-state index in [0.29, 0.717) is 18.5 Å². The summed E-state index contributed by atoms with van der Waals surface area (Å²) in [5.74, 6) is -0.0140. The minimum atomic E-state index is -3.68. The van der Waals surface area contributed by atoms with Gasteiger partial charge in [0.25, 0.3) is 15.9 Å². The number of rotatable bonds is 6. The molecule has 0 fully saturated rings. The highest BCUT2D eigenvalue weighted by Gasteiger charge is 2.19. The van der Waals surface area contributed by atoms with Gasteiger partial charge in [0.05, 0.1) is 16.7 Å². The molecule has 148 valence electrons. The Kier molecular flexibility index (Phi) is 4.98. The summed E-state index contributed by atoms with van der Waals surface area (Å²) < 4.78 is 32.5. The zero-order valence-corrected chi connectivity index (χ0v) is 16.6. The first-order valence-corrected chi connectivity index (χ1v) is 10.6. The number of hydrogen-bond donors (Lipinski definition) is 1. The van der Waals surface area contributed by atoms with Gasteiger partial charge in [-0.3, -0.25) is 4.79 Å². The summed E-state index contributed by atoms with van der Waals surface area (Å²) in [6.45, 7) is 2.33. The molecule has 1 amide bonds. The van der Waals surface area contributed by atoms with Gasteiger partial charge < -0.3 is 9.73 Å². The molecule has 0 aliphatic carbocycles. The first-order chi connectivity index (χ1) is 13.9. The lowest BCUT2D eigenvalue weighted by Gasteiger charge is -2.09.